The minimum absolute atomic E-state index is 0. The Labute approximate surface area is 84.5 Å². The SMILES string of the molecule is Cc1cc([C@@H]2CCCN2C)on1.Cl. The molecule has 1 aliphatic rings. The Morgan fingerprint density at radius 2 is 2.38 bits per heavy atom. The molecule has 1 fully saturated rings. The molecule has 0 spiro atoms. The smallest absolute Gasteiger partial charge is 0.154 e. The molecule has 1 saturated heterocycles. The Bertz CT molecular complexity index is 274. The van der Waals surface area contributed by atoms with Crippen LogP contribution in [0.2, 0.25) is 0 Å². The number of aryl methyl sites for hydroxylation is 1. The van der Waals surface area contributed by atoms with Crippen molar-refractivity contribution in [1.82, 2.24) is 10.1 Å². The summed E-state index contributed by atoms with van der Waals surface area (Å²) in [6, 6.07) is 2.50. The maximum atomic E-state index is 5.23. The van der Waals surface area contributed by atoms with Crippen LogP contribution in [0.15, 0.2) is 10.6 Å². The van der Waals surface area contributed by atoms with Gasteiger partial charge in [0.2, 0.25) is 0 Å². The number of aromatic nitrogens is 1. The molecule has 0 radical (unpaired) electrons. The zero-order chi connectivity index (χ0) is 8.55. The second kappa shape index (κ2) is 4.11. The highest BCUT2D eigenvalue weighted by Crippen LogP contribution is 2.30. The first-order chi connectivity index (χ1) is 5.77. The molecule has 3 nitrogen and oxygen atoms in total. The van der Waals surface area contributed by atoms with Crippen LogP contribution in [-0.4, -0.2) is 23.6 Å². The van der Waals surface area contributed by atoms with Crippen LogP contribution >= 0.6 is 12.4 Å². The second-order valence-corrected chi connectivity index (χ2v) is 3.51. The van der Waals surface area contributed by atoms with E-state index in [2.05, 4.69) is 17.1 Å². The summed E-state index contributed by atoms with van der Waals surface area (Å²) in [6.07, 6.45) is 2.46. The second-order valence-electron chi connectivity index (χ2n) is 3.51. The topological polar surface area (TPSA) is 29.3 Å². The highest BCUT2D eigenvalue weighted by molar-refractivity contribution is 5.85. The minimum atomic E-state index is 0. The summed E-state index contributed by atoms with van der Waals surface area (Å²) in [6.45, 7) is 3.13. The van der Waals surface area contributed by atoms with E-state index in [1.165, 1.54) is 19.4 Å². The lowest BCUT2D eigenvalue weighted by Crippen LogP contribution is -2.16. The summed E-state index contributed by atoms with van der Waals surface area (Å²) >= 11 is 0. The monoisotopic (exact) mass is 202 g/mol. The largest absolute Gasteiger partial charge is 0.359 e. The predicted octanol–water partition coefficient (Wildman–Crippen LogP) is 2.17. The number of nitrogens with zero attached hydrogens (tertiary/aromatic N) is 2. The molecule has 0 bridgehead atoms. The minimum Gasteiger partial charge on any atom is -0.359 e. The zero-order valence-electron chi connectivity index (χ0n) is 7.99. The fraction of sp³-hybridized carbons (Fsp3) is 0.667. The fourth-order valence-electron chi connectivity index (χ4n) is 1.81. The third-order valence-corrected chi connectivity index (χ3v) is 2.50. The number of likely N-dealkylation sites (tertiary alicyclic amines) is 1. The Morgan fingerprint density at radius 1 is 1.62 bits per heavy atom. The molecule has 0 amide bonds. The Hall–Kier alpha value is -0.540. The van der Waals surface area contributed by atoms with Gasteiger partial charge >= 0.3 is 0 Å². The van der Waals surface area contributed by atoms with Crippen LogP contribution in [0.3, 0.4) is 0 Å². The molecule has 1 aromatic heterocycles. The lowest BCUT2D eigenvalue weighted by atomic mass is 10.1. The van der Waals surface area contributed by atoms with Crippen LogP contribution in [0.5, 0.6) is 0 Å². The molecule has 74 valence electrons. The quantitative estimate of drug-likeness (QED) is 0.699. The molecule has 2 rings (SSSR count). The molecule has 1 aromatic rings. The summed E-state index contributed by atoms with van der Waals surface area (Å²) in [4.78, 5) is 2.32. The van der Waals surface area contributed by atoms with Gasteiger partial charge in [-0.25, -0.2) is 0 Å². The van der Waals surface area contributed by atoms with Crippen molar-refractivity contribution in [3.05, 3.63) is 17.5 Å². The molecule has 1 aliphatic heterocycles. The lowest BCUT2D eigenvalue weighted by molar-refractivity contribution is 0.251. The van der Waals surface area contributed by atoms with Gasteiger partial charge in [-0.1, -0.05) is 5.16 Å². The van der Waals surface area contributed by atoms with E-state index in [0.717, 1.165) is 11.5 Å². The molecule has 13 heavy (non-hydrogen) atoms. The van der Waals surface area contributed by atoms with Crippen molar-refractivity contribution in [3.63, 3.8) is 0 Å². The van der Waals surface area contributed by atoms with Gasteiger partial charge in [0.05, 0.1) is 11.7 Å². The zero-order valence-corrected chi connectivity index (χ0v) is 8.80. The normalized spacial score (nSPS) is 23.1. The first kappa shape index (κ1) is 10.5. The summed E-state index contributed by atoms with van der Waals surface area (Å²) in [5.41, 5.74) is 0.977. The average molecular weight is 203 g/mol. The maximum absolute atomic E-state index is 5.23. The van der Waals surface area contributed by atoms with Crippen molar-refractivity contribution >= 4 is 12.4 Å². The van der Waals surface area contributed by atoms with E-state index in [0.29, 0.717) is 6.04 Å². The van der Waals surface area contributed by atoms with E-state index >= 15 is 0 Å². The van der Waals surface area contributed by atoms with Gasteiger partial charge in [-0.3, -0.25) is 4.90 Å². The third kappa shape index (κ3) is 2.03. The fourth-order valence-corrected chi connectivity index (χ4v) is 1.81. The van der Waals surface area contributed by atoms with E-state index in [9.17, 15) is 0 Å². The number of hydrogen-bond donors (Lipinski definition) is 0. The van der Waals surface area contributed by atoms with Crippen LogP contribution in [-0.2, 0) is 0 Å². The number of rotatable bonds is 1. The molecular weight excluding hydrogens is 188 g/mol. The summed E-state index contributed by atoms with van der Waals surface area (Å²) < 4.78 is 5.23. The maximum Gasteiger partial charge on any atom is 0.154 e. The van der Waals surface area contributed by atoms with Crippen molar-refractivity contribution in [2.45, 2.75) is 25.8 Å². The van der Waals surface area contributed by atoms with Gasteiger partial charge in [-0.15, -0.1) is 12.4 Å². The summed E-state index contributed by atoms with van der Waals surface area (Å²) in [7, 11) is 2.13. The average Bonchev–Trinajstić information content (AvgIpc) is 2.58. The Morgan fingerprint density at radius 3 is 2.85 bits per heavy atom. The molecule has 0 aliphatic carbocycles. The van der Waals surface area contributed by atoms with Crippen LogP contribution < -0.4 is 0 Å². The van der Waals surface area contributed by atoms with Gasteiger partial charge in [0, 0.05) is 6.07 Å². The first-order valence-corrected chi connectivity index (χ1v) is 4.41. The van der Waals surface area contributed by atoms with E-state index in [1.807, 2.05) is 13.0 Å². The van der Waals surface area contributed by atoms with Crippen molar-refractivity contribution in [2.24, 2.45) is 0 Å². The van der Waals surface area contributed by atoms with Crippen molar-refractivity contribution < 1.29 is 4.52 Å². The summed E-state index contributed by atoms with van der Waals surface area (Å²) in [5.74, 6) is 1.02. The van der Waals surface area contributed by atoms with E-state index in [4.69, 9.17) is 4.52 Å². The van der Waals surface area contributed by atoms with Crippen molar-refractivity contribution in [2.75, 3.05) is 13.6 Å². The van der Waals surface area contributed by atoms with E-state index in [-0.39, 0.29) is 12.4 Å². The number of halogens is 1. The van der Waals surface area contributed by atoms with Crippen molar-refractivity contribution in [3.8, 4) is 0 Å². The predicted molar refractivity (Wildman–Crippen MR) is 53.1 cm³/mol. The van der Waals surface area contributed by atoms with Crippen LogP contribution in [0.25, 0.3) is 0 Å². The van der Waals surface area contributed by atoms with Crippen LogP contribution in [0, 0.1) is 6.92 Å². The van der Waals surface area contributed by atoms with Gasteiger partial charge < -0.3 is 4.52 Å². The van der Waals surface area contributed by atoms with Crippen LogP contribution in [0.1, 0.15) is 30.3 Å². The number of hydrogen-bond acceptors (Lipinski definition) is 3. The lowest BCUT2D eigenvalue weighted by Gasteiger charge is -2.15. The van der Waals surface area contributed by atoms with Gasteiger partial charge in [0.25, 0.3) is 0 Å². The van der Waals surface area contributed by atoms with Gasteiger partial charge in [-0.05, 0) is 33.4 Å². The van der Waals surface area contributed by atoms with Gasteiger partial charge in [0.1, 0.15) is 0 Å². The molecular formula is C9H15ClN2O. The molecule has 2 heterocycles. The Balaban J connectivity index is 0.000000845. The molecule has 1 atom stereocenters. The first-order valence-electron chi connectivity index (χ1n) is 4.41. The summed E-state index contributed by atoms with van der Waals surface area (Å²) in [5, 5.41) is 3.89. The highest BCUT2D eigenvalue weighted by Gasteiger charge is 2.25. The van der Waals surface area contributed by atoms with Gasteiger partial charge in [-0.2, -0.15) is 0 Å². The molecule has 4 heteroatoms. The molecule has 0 aromatic carbocycles. The third-order valence-electron chi connectivity index (χ3n) is 2.50. The standard InChI is InChI=1S/C9H14N2O.ClH/c1-7-6-9(12-10-7)8-4-3-5-11(8)2;/h6,8H,3-5H2,1-2H3;1H/t8-;/m0./s1. The van der Waals surface area contributed by atoms with Gasteiger partial charge in [0.15, 0.2) is 5.76 Å². The molecule has 0 N–H and O–H groups in total. The molecule has 0 unspecified atom stereocenters. The Kier molecular flexibility index (Phi) is 3.33. The van der Waals surface area contributed by atoms with E-state index in [1.54, 1.807) is 0 Å². The van der Waals surface area contributed by atoms with E-state index < -0.39 is 0 Å². The van der Waals surface area contributed by atoms with Crippen molar-refractivity contribution in [1.29, 1.82) is 0 Å². The highest BCUT2D eigenvalue weighted by atomic mass is 35.5. The van der Waals surface area contributed by atoms with Crippen LogP contribution in [0.4, 0.5) is 0 Å². The molecule has 0 saturated carbocycles.